The summed E-state index contributed by atoms with van der Waals surface area (Å²) in [5, 5.41) is 1.18. The molecule has 76 valence electrons. The minimum absolute atomic E-state index is 0.723. The number of rotatable bonds is 3. The lowest BCUT2D eigenvalue weighted by Crippen LogP contribution is -2.02. The summed E-state index contributed by atoms with van der Waals surface area (Å²) in [5.74, 6) is 2.64. The number of nitrogens with zero attached hydrogens (tertiary/aromatic N) is 1. The molecule has 15 heavy (non-hydrogen) atoms. The van der Waals surface area contributed by atoms with E-state index in [0.29, 0.717) is 0 Å². The Kier molecular flexibility index (Phi) is 2.75. The Morgan fingerprint density at radius 1 is 1.40 bits per heavy atom. The van der Waals surface area contributed by atoms with Crippen molar-refractivity contribution in [3.8, 4) is 12.3 Å². The highest BCUT2D eigenvalue weighted by molar-refractivity contribution is 5.81. The van der Waals surface area contributed by atoms with Gasteiger partial charge in [0.05, 0.1) is 6.61 Å². The smallest absolute Gasteiger partial charge is 0.0641 e. The zero-order valence-corrected chi connectivity index (χ0v) is 8.73. The van der Waals surface area contributed by atoms with Crippen LogP contribution < -0.4 is 0 Å². The molecule has 0 aliphatic heterocycles. The van der Waals surface area contributed by atoms with Crippen LogP contribution in [0.1, 0.15) is 5.56 Å². The quantitative estimate of drug-likeness (QED) is 0.692. The highest BCUT2D eigenvalue weighted by Crippen LogP contribution is 2.17. The Morgan fingerprint density at radius 2 is 2.27 bits per heavy atom. The average Bonchev–Trinajstić information content (AvgIpc) is 2.68. The van der Waals surface area contributed by atoms with E-state index in [4.69, 9.17) is 11.2 Å². The topological polar surface area (TPSA) is 14.2 Å². The zero-order valence-electron chi connectivity index (χ0n) is 8.73. The van der Waals surface area contributed by atoms with Gasteiger partial charge in [0.2, 0.25) is 0 Å². The molecule has 0 radical (unpaired) electrons. The molecule has 2 rings (SSSR count). The monoisotopic (exact) mass is 199 g/mol. The van der Waals surface area contributed by atoms with E-state index in [1.807, 2.05) is 12.1 Å². The van der Waals surface area contributed by atoms with E-state index in [2.05, 4.69) is 28.8 Å². The molecule has 1 heterocycles. The molecule has 1 aromatic heterocycles. The molecule has 0 bridgehead atoms. The summed E-state index contributed by atoms with van der Waals surface area (Å²) in [6.45, 7) is 1.59. The molecule has 1 aromatic carbocycles. The number of methoxy groups -OCH3 is 1. The summed E-state index contributed by atoms with van der Waals surface area (Å²) in [6.07, 6.45) is 7.41. The minimum Gasteiger partial charge on any atom is -0.383 e. The van der Waals surface area contributed by atoms with Crippen LogP contribution in [0.25, 0.3) is 10.9 Å². The molecule has 0 spiro atoms. The second kappa shape index (κ2) is 4.20. The SMILES string of the molecule is C#Cc1ccc2c(ccn2CCOC)c1. The van der Waals surface area contributed by atoms with Crippen LogP contribution in [-0.4, -0.2) is 18.3 Å². The standard InChI is InChI=1S/C13H13NO/c1-3-11-4-5-13-12(10-11)6-7-14(13)8-9-15-2/h1,4-7,10H,8-9H2,2H3. The number of aromatic nitrogens is 1. The maximum atomic E-state index is 5.35. The first-order valence-corrected chi connectivity index (χ1v) is 4.89. The maximum absolute atomic E-state index is 5.35. The zero-order chi connectivity index (χ0) is 10.7. The predicted molar refractivity (Wildman–Crippen MR) is 61.7 cm³/mol. The van der Waals surface area contributed by atoms with Gasteiger partial charge in [-0.15, -0.1) is 6.42 Å². The van der Waals surface area contributed by atoms with E-state index < -0.39 is 0 Å². The van der Waals surface area contributed by atoms with Gasteiger partial charge in [-0.1, -0.05) is 5.92 Å². The molecular formula is C13H13NO. The van der Waals surface area contributed by atoms with Crippen molar-refractivity contribution in [2.45, 2.75) is 6.54 Å². The third-order valence-electron chi connectivity index (χ3n) is 2.47. The summed E-state index contributed by atoms with van der Waals surface area (Å²) in [6, 6.07) is 8.12. The predicted octanol–water partition coefficient (Wildman–Crippen LogP) is 2.27. The highest BCUT2D eigenvalue weighted by atomic mass is 16.5. The van der Waals surface area contributed by atoms with E-state index in [0.717, 1.165) is 18.7 Å². The van der Waals surface area contributed by atoms with Gasteiger partial charge in [0.1, 0.15) is 0 Å². The first-order chi connectivity index (χ1) is 7.35. The fourth-order valence-electron chi connectivity index (χ4n) is 1.67. The first kappa shape index (κ1) is 9.82. The van der Waals surface area contributed by atoms with Crippen LogP contribution in [0.2, 0.25) is 0 Å². The van der Waals surface area contributed by atoms with Gasteiger partial charge in [-0.25, -0.2) is 0 Å². The molecule has 0 unspecified atom stereocenters. The summed E-state index contributed by atoms with van der Waals surface area (Å²) >= 11 is 0. The van der Waals surface area contributed by atoms with E-state index in [1.54, 1.807) is 7.11 Å². The molecular weight excluding hydrogens is 186 g/mol. The van der Waals surface area contributed by atoms with Crippen molar-refractivity contribution in [1.29, 1.82) is 0 Å². The lowest BCUT2D eigenvalue weighted by Gasteiger charge is -2.04. The van der Waals surface area contributed by atoms with E-state index >= 15 is 0 Å². The molecule has 0 saturated carbocycles. The molecule has 0 atom stereocenters. The second-order valence-corrected chi connectivity index (χ2v) is 3.42. The van der Waals surface area contributed by atoms with Gasteiger partial charge in [0.15, 0.2) is 0 Å². The Bertz CT molecular complexity index is 505. The fraction of sp³-hybridized carbons (Fsp3) is 0.231. The van der Waals surface area contributed by atoms with Crippen LogP contribution in [-0.2, 0) is 11.3 Å². The summed E-state index contributed by atoms with van der Waals surface area (Å²) < 4.78 is 7.22. The van der Waals surface area contributed by atoms with Crippen molar-refractivity contribution >= 4 is 10.9 Å². The normalized spacial score (nSPS) is 10.4. The minimum atomic E-state index is 0.723. The summed E-state index contributed by atoms with van der Waals surface area (Å²) in [4.78, 5) is 0. The van der Waals surface area contributed by atoms with E-state index in [-0.39, 0.29) is 0 Å². The van der Waals surface area contributed by atoms with E-state index in [1.165, 1.54) is 10.9 Å². The van der Waals surface area contributed by atoms with Gasteiger partial charge in [-0.3, -0.25) is 0 Å². The highest BCUT2D eigenvalue weighted by Gasteiger charge is 2.00. The first-order valence-electron chi connectivity index (χ1n) is 4.89. The van der Waals surface area contributed by atoms with Crippen LogP contribution >= 0.6 is 0 Å². The van der Waals surface area contributed by atoms with Gasteiger partial charge in [0, 0.05) is 36.3 Å². The molecule has 2 nitrogen and oxygen atoms in total. The van der Waals surface area contributed by atoms with Crippen LogP contribution in [0.15, 0.2) is 30.5 Å². The number of ether oxygens (including phenoxy) is 1. The lowest BCUT2D eigenvalue weighted by atomic mass is 10.2. The summed E-state index contributed by atoms with van der Waals surface area (Å²) in [5.41, 5.74) is 2.12. The number of benzene rings is 1. The molecule has 2 aromatic rings. The summed E-state index contributed by atoms with van der Waals surface area (Å²) in [7, 11) is 1.71. The van der Waals surface area contributed by atoms with Gasteiger partial charge in [-0.05, 0) is 24.3 Å². The molecule has 0 aliphatic carbocycles. The van der Waals surface area contributed by atoms with Crippen LogP contribution in [0.3, 0.4) is 0 Å². The second-order valence-electron chi connectivity index (χ2n) is 3.42. The largest absolute Gasteiger partial charge is 0.383 e. The number of hydrogen-bond donors (Lipinski definition) is 0. The van der Waals surface area contributed by atoms with Crippen molar-refractivity contribution in [3.63, 3.8) is 0 Å². The number of terminal acetylenes is 1. The Hall–Kier alpha value is -1.72. The van der Waals surface area contributed by atoms with Crippen LogP contribution in [0.5, 0.6) is 0 Å². The van der Waals surface area contributed by atoms with Crippen molar-refractivity contribution in [2.24, 2.45) is 0 Å². The lowest BCUT2D eigenvalue weighted by molar-refractivity contribution is 0.188. The number of fused-ring (bicyclic) bond motifs is 1. The van der Waals surface area contributed by atoms with Gasteiger partial charge in [0.25, 0.3) is 0 Å². The molecule has 0 N–H and O–H groups in total. The van der Waals surface area contributed by atoms with Crippen molar-refractivity contribution in [1.82, 2.24) is 4.57 Å². The van der Waals surface area contributed by atoms with Gasteiger partial charge >= 0.3 is 0 Å². The van der Waals surface area contributed by atoms with E-state index in [9.17, 15) is 0 Å². The van der Waals surface area contributed by atoms with Gasteiger partial charge in [-0.2, -0.15) is 0 Å². The van der Waals surface area contributed by atoms with Crippen molar-refractivity contribution < 1.29 is 4.74 Å². The Morgan fingerprint density at radius 3 is 3.00 bits per heavy atom. The molecule has 2 heteroatoms. The van der Waals surface area contributed by atoms with Crippen LogP contribution in [0.4, 0.5) is 0 Å². The van der Waals surface area contributed by atoms with Gasteiger partial charge < -0.3 is 9.30 Å². The maximum Gasteiger partial charge on any atom is 0.0641 e. The van der Waals surface area contributed by atoms with Crippen molar-refractivity contribution in [2.75, 3.05) is 13.7 Å². The van der Waals surface area contributed by atoms with Crippen molar-refractivity contribution in [3.05, 3.63) is 36.0 Å². The Balaban J connectivity index is 2.39. The molecule has 0 amide bonds. The third kappa shape index (κ3) is 1.88. The number of hydrogen-bond acceptors (Lipinski definition) is 1. The third-order valence-corrected chi connectivity index (χ3v) is 2.47. The Labute approximate surface area is 89.5 Å². The molecule has 0 saturated heterocycles. The molecule has 0 fully saturated rings. The fourth-order valence-corrected chi connectivity index (χ4v) is 1.67. The average molecular weight is 199 g/mol. The van der Waals surface area contributed by atoms with Crippen LogP contribution in [0, 0.1) is 12.3 Å². The molecule has 0 aliphatic rings.